The zero-order valence-corrected chi connectivity index (χ0v) is 13.0. The molecule has 0 aliphatic rings. The summed E-state index contributed by atoms with van der Waals surface area (Å²) in [7, 11) is 0. The fraction of sp³-hybridized carbons (Fsp3) is 0.294. The van der Waals surface area contributed by atoms with Crippen LogP contribution in [0.3, 0.4) is 0 Å². The third-order valence-corrected chi connectivity index (χ3v) is 2.91. The lowest BCUT2D eigenvalue weighted by atomic mass is 10.2. The molecule has 122 valence electrons. The smallest absolute Gasteiger partial charge is 0.374 e. The predicted octanol–water partition coefficient (Wildman–Crippen LogP) is 3.25. The molecule has 0 fully saturated rings. The Bertz CT molecular complexity index is 673. The van der Waals surface area contributed by atoms with Crippen molar-refractivity contribution < 1.29 is 28.2 Å². The van der Waals surface area contributed by atoms with Crippen LogP contribution in [-0.2, 0) is 11.3 Å². The van der Waals surface area contributed by atoms with Crippen molar-refractivity contribution in [2.24, 2.45) is 0 Å². The maximum absolute atomic E-state index is 11.5. The summed E-state index contributed by atoms with van der Waals surface area (Å²) in [5.74, 6) is 1.08. The van der Waals surface area contributed by atoms with Gasteiger partial charge in [-0.1, -0.05) is 0 Å². The summed E-state index contributed by atoms with van der Waals surface area (Å²) < 4.78 is 21.3. The summed E-state index contributed by atoms with van der Waals surface area (Å²) in [5.41, 5.74) is 0.503. The van der Waals surface area contributed by atoms with Crippen molar-refractivity contribution in [3.8, 4) is 11.5 Å². The molecular formula is C17H18O6. The van der Waals surface area contributed by atoms with E-state index in [9.17, 15) is 9.59 Å². The molecule has 23 heavy (non-hydrogen) atoms. The van der Waals surface area contributed by atoms with Crippen molar-refractivity contribution in [2.75, 3.05) is 13.2 Å². The Labute approximate surface area is 134 Å². The molecule has 1 aromatic heterocycles. The average Bonchev–Trinajstić information content (AvgIpc) is 3.03. The van der Waals surface area contributed by atoms with E-state index in [1.165, 1.54) is 6.07 Å². The highest BCUT2D eigenvalue weighted by Crippen LogP contribution is 2.29. The van der Waals surface area contributed by atoms with Crippen LogP contribution in [0.15, 0.2) is 34.7 Å². The van der Waals surface area contributed by atoms with Gasteiger partial charge in [0, 0.05) is 5.56 Å². The van der Waals surface area contributed by atoms with Gasteiger partial charge in [-0.3, -0.25) is 4.79 Å². The Morgan fingerprint density at radius 1 is 1.09 bits per heavy atom. The zero-order valence-electron chi connectivity index (χ0n) is 13.0. The topological polar surface area (TPSA) is 75.0 Å². The van der Waals surface area contributed by atoms with Gasteiger partial charge in [0.15, 0.2) is 11.5 Å². The van der Waals surface area contributed by atoms with E-state index in [2.05, 4.69) is 0 Å². The van der Waals surface area contributed by atoms with Crippen molar-refractivity contribution >= 4 is 12.3 Å². The third-order valence-electron chi connectivity index (χ3n) is 2.91. The number of carbonyl (C=O) groups is 2. The third kappa shape index (κ3) is 4.35. The van der Waals surface area contributed by atoms with Crippen LogP contribution >= 0.6 is 0 Å². The SMILES string of the molecule is CCOC(=O)c1ccc(COc2ccc(C=O)cc2OCC)o1. The first-order chi connectivity index (χ1) is 11.2. The van der Waals surface area contributed by atoms with E-state index in [1.54, 1.807) is 31.2 Å². The maximum atomic E-state index is 11.5. The van der Waals surface area contributed by atoms with Gasteiger partial charge in [-0.2, -0.15) is 0 Å². The number of ether oxygens (including phenoxy) is 3. The minimum absolute atomic E-state index is 0.125. The van der Waals surface area contributed by atoms with E-state index < -0.39 is 5.97 Å². The standard InChI is InChI=1S/C17H18O6/c1-3-20-16-9-12(10-18)5-7-14(16)22-11-13-6-8-15(23-13)17(19)21-4-2/h5-10H,3-4,11H2,1-2H3. The molecule has 0 spiro atoms. The molecule has 2 aromatic rings. The van der Waals surface area contributed by atoms with Crippen molar-refractivity contribution in [1.82, 2.24) is 0 Å². The Kier molecular flexibility index (Phi) is 5.80. The van der Waals surface area contributed by atoms with E-state index in [0.717, 1.165) is 6.29 Å². The second kappa shape index (κ2) is 8.03. The van der Waals surface area contributed by atoms with Gasteiger partial charge in [0.05, 0.1) is 13.2 Å². The van der Waals surface area contributed by atoms with Crippen LogP contribution in [0, 0.1) is 0 Å². The Morgan fingerprint density at radius 3 is 2.61 bits per heavy atom. The van der Waals surface area contributed by atoms with Crippen molar-refractivity contribution in [1.29, 1.82) is 0 Å². The molecule has 0 unspecified atom stereocenters. The van der Waals surface area contributed by atoms with Gasteiger partial charge in [-0.15, -0.1) is 0 Å². The van der Waals surface area contributed by atoms with Crippen LogP contribution in [-0.4, -0.2) is 25.5 Å². The Hall–Kier alpha value is -2.76. The van der Waals surface area contributed by atoms with Gasteiger partial charge in [0.2, 0.25) is 5.76 Å². The zero-order chi connectivity index (χ0) is 16.7. The molecule has 0 amide bonds. The fourth-order valence-corrected chi connectivity index (χ4v) is 1.90. The molecule has 1 heterocycles. The molecule has 0 atom stereocenters. The van der Waals surface area contributed by atoms with Crippen molar-refractivity contribution in [3.05, 3.63) is 47.4 Å². The summed E-state index contributed by atoms with van der Waals surface area (Å²) in [6.07, 6.45) is 0.741. The minimum atomic E-state index is -0.510. The quantitative estimate of drug-likeness (QED) is 0.549. The summed E-state index contributed by atoms with van der Waals surface area (Å²) in [5, 5.41) is 0. The number of hydrogen-bond acceptors (Lipinski definition) is 6. The van der Waals surface area contributed by atoms with Gasteiger partial charge in [-0.25, -0.2) is 4.79 Å². The van der Waals surface area contributed by atoms with Gasteiger partial charge >= 0.3 is 5.97 Å². The van der Waals surface area contributed by atoms with E-state index in [4.69, 9.17) is 18.6 Å². The fourth-order valence-electron chi connectivity index (χ4n) is 1.90. The van der Waals surface area contributed by atoms with E-state index in [0.29, 0.717) is 29.4 Å². The first-order valence-electron chi connectivity index (χ1n) is 7.28. The number of rotatable bonds is 8. The molecular weight excluding hydrogens is 300 g/mol. The lowest BCUT2D eigenvalue weighted by Crippen LogP contribution is -2.03. The number of furan rings is 1. The average molecular weight is 318 g/mol. The molecule has 0 N–H and O–H groups in total. The number of esters is 1. The second-order valence-electron chi connectivity index (χ2n) is 4.53. The highest BCUT2D eigenvalue weighted by molar-refractivity contribution is 5.86. The molecule has 0 bridgehead atoms. The van der Waals surface area contributed by atoms with Crippen molar-refractivity contribution in [2.45, 2.75) is 20.5 Å². The van der Waals surface area contributed by atoms with E-state index in [-0.39, 0.29) is 19.0 Å². The molecule has 0 radical (unpaired) electrons. The molecule has 6 heteroatoms. The number of benzene rings is 1. The Morgan fingerprint density at radius 2 is 1.91 bits per heavy atom. The first-order valence-corrected chi connectivity index (χ1v) is 7.28. The van der Waals surface area contributed by atoms with Gasteiger partial charge < -0.3 is 18.6 Å². The van der Waals surface area contributed by atoms with Crippen LogP contribution < -0.4 is 9.47 Å². The van der Waals surface area contributed by atoms with Gasteiger partial charge in [0.25, 0.3) is 0 Å². The molecule has 0 saturated carbocycles. The molecule has 0 aliphatic heterocycles. The number of carbonyl (C=O) groups excluding carboxylic acids is 2. The number of hydrogen-bond donors (Lipinski definition) is 0. The van der Waals surface area contributed by atoms with Crippen LogP contribution in [0.2, 0.25) is 0 Å². The monoisotopic (exact) mass is 318 g/mol. The normalized spacial score (nSPS) is 10.2. The summed E-state index contributed by atoms with van der Waals surface area (Å²) >= 11 is 0. The van der Waals surface area contributed by atoms with Crippen LogP contribution in [0.1, 0.15) is 40.5 Å². The number of aldehydes is 1. The van der Waals surface area contributed by atoms with Crippen LogP contribution in [0.25, 0.3) is 0 Å². The first kappa shape index (κ1) is 16.6. The minimum Gasteiger partial charge on any atom is -0.490 e. The highest BCUT2D eigenvalue weighted by atomic mass is 16.5. The van der Waals surface area contributed by atoms with Crippen LogP contribution in [0.5, 0.6) is 11.5 Å². The second-order valence-corrected chi connectivity index (χ2v) is 4.53. The lowest BCUT2D eigenvalue weighted by molar-refractivity contribution is 0.0486. The summed E-state index contributed by atoms with van der Waals surface area (Å²) in [6, 6.07) is 8.08. The largest absolute Gasteiger partial charge is 0.490 e. The van der Waals surface area contributed by atoms with Gasteiger partial charge in [-0.05, 0) is 44.2 Å². The molecule has 2 rings (SSSR count). The molecule has 0 saturated heterocycles. The van der Waals surface area contributed by atoms with E-state index >= 15 is 0 Å². The molecule has 6 nitrogen and oxygen atoms in total. The van der Waals surface area contributed by atoms with Crippen LogP contribution in [0.4, 0.5) is 0 Å². The predicted molar refractivity (Wildman–Crippen MR) is 82.0 cm³/mol. The van der Waals surface area contributed by atoms with Crippen molar-refractivity contribution in [3.63, 3.8) is 0 Å². The van der Waals surface area contributed by atoms with E-state index in [1.807, 2.05) is 6.92 Å². The highest BCUT2D eigenvalue weighted by Gasteiger charge is 2.13. The van der Waals surface area contributed by atoms with Gasteiger partial charge in [0.1, 0.15) is 18.7 Å². The summed E-state index contributed by atoms with van der Waals surface area (Å²) in [4.78, 5) is 22.4. The molecule has 0 aliphatic carbocycles. The Balaban J connectivity index is 2.05. The summed E-state index contributed by atoms with van der Waals surface area (Å²) in [6.45, 7) is 4.43. The maximum Gasteiger partial charge on any atom is 0.374 e. The lowest BCUT2D eigenvalue weighted by Gasteiger charge is -2.11. The molecule has 1 aromatic carbocycles.